The molecule has 0 heterocycles. The highest BCUT2D eigenvalue weighted by Crippen LogP contribution is 2.31. The van der Waals surface area contributed by atoms with Crippen LogP contribution in [0.2, 0.25) is 20.1 Å². The fourth-order valence-corrected chi connectivity index (χ4v) is 9.29. The molecule has 0 aliphatic carbocycles. The normalized spacial score (nSPS) is 11.5. The van der Waals surface area contributed by atoms with Crippen LogP contribution >= 0.6 is 46.4 Å². The second-order valence-electron chi connectivity index (χ2n) is 17.9. The fraction of sp³-hybridized carbons (Fsp3) is 0.241. The van der Waals surface area contributed by atoms with Crippen LogP contribution in [0.3, 0.4) is 0 Å². The lowest BCUT2D eigenvalue weighted by Gasteiger charge is -2.16. The van der Waals surface area contributed by atoms with Crippen molar-refractivity contribution in [3.8, 4) is 28.7 Å². The van der Waals surface area contributed by atoms with Crippen molar-refractivity contribution in [2.45, 2.75) is 77.3 Å². The van der Waals surface area contributed by atoms with Gasteiger partial charge in [0.25, 0.3) is 11.8 Å². The third-order valence-electron chi connectivity index (χ3n) is 11.9. The molecule has 0 bridgehead atoms. The molecule has 2 atom stereocenters. The highest BCUT2D eigenvalue weighted by Gasteiger charge is 2.28. The van der Waals surface area contributed by atoms with Gasteiger partial charge in [-0.3, -0.25) is 28.8 Å². The fourth-order valence-electron chi connectivity index (χ4n) is 7.98. The maximum Gasteiger partial charge on any atom is 0.326 e. The smallest absolute Gasteiger partial charge is 0.326 e. The Morgan fingerprint density at radius 1 is 0.494 bits per heavy atom. The molecule has 2 amide bonds. The molecule has 0 unspecified atom stereocenters. The number of carboxylic acids is 2. The molecular formula is C58H54Cl4N2O15. The maximum absolute atomic E-state index is 12.9. The number of hydrogen-bond donors (Lipinski definition) is 7. The minimum absolute atomic E-state index is 0.0755. The van der Waals surface area contributed by atoms with Gasteiger partial charge in [0.2, 0.25) is 0 Å². The molecule has 0 spiro atoms. The lowest BCUT2D eigenvalue weighted by molar-refractivity contribution is -0.140. The topological polar surface area (TPSA) is 280 Å². The van der Waals surface area contributed by atoms with Gasteiger partial charge in [-0.15, -0.1) is 0 Å². The molecule has 6 aromatic rings. The molecule has 6 rings (SSSR count). The molecule has 0 aliphatic rings. The minimum atomic E-state index is -1.45. The van der Waals surface area contributed by atoms with Crippen molar-refractivity contribution in [1.82, 2.24) is 10.6 Å². The van der Waals surface area contributed by atoms with E-state index in [0.29, 0.717) is 30.8 Å². The summed E-state index contributed by atoms with van der Waals surface area (Å²) in [6.07, 6.45) is 0.186. The molecule has 0 aliphatic heterocycles. The van der Waals surface area contributed by atoms with Crippen LogP contribution in [0.1, 0.15) is 124 Å². The molecular weight excluding hydrogens is 1110 g/mol. The van der Waals surface area contributed by atoms with E-state index in [9.17, 15) is 63.9 Å². The number of halogens is 4. The number of ketones is 4. The maximum atomic E-state index is 12.9. The Morgan fingerprint density at radius 3 is 1.34 bits per heavy atom. The van der Waals surface area contributed by atoms with E-state index >= 15 is 0 Å². The Kier molecular flexibility index (Phi) is 22.8. The lowest BCUT2D eigenvalue weighted by Crippen LogP contribution is -2.41. The first kappa shape index (κ1) is 61.9. The van der Waals surface area contributed by atoms with E-state index in [1.54, 1.807) is 31.2 Å². The third-order valence-corrected chi connectivity index (χ3v) is 13.1. The van der Waals surface area contributed by atoms with Crippen LogP contribution in [0.4, 0.5) is 0 Å². The van der Waals surface area contributed by atoms with Gasteiger partial charge in [0.05, 0.1) is 44.9 Å². The summed E-state index contributed by atoms with van der Waals surface area (Å²) in [5.74, 6) is -5.04. The largest absolute Gasteiger partial charge is 0.508 e. The number of hydrogen-bond acceptors (Lipinski definition) is 13. The summed E-state index contributed by atoms with van der Waals surface area (Å²) in [4.78, 5) is 100.0. The average molecular weight is 1160 g/mol. The number of methoxy groups -OCH3 is 1. The van der Waals surface area contributed by atoms with Crippen LogP contribution < -0.4 is 20.1 Å². The van der Waals surface area contributed by atoms with Crippen molar-refractivity contribution in [1.29, 1.82) is 0 Å². The second-order valence-corrected chi connectivity index (χ2v) is 19.5. The van der Waals surface area contributed by atoms with Gasteiger partial charge in [0, 0.05) is 54.0 Å². The monoisotopic (exact) mass is 1160 g/mol. The molecule has 79 heavy (non-hydrogen) atoms. The van der Waals surface area contributed by atoms with Gasteiger partial charge in [-0.05, 0) is 135 Å². The van der Waals surface area contributed by atoms with Crippen LogP contribution in [0.25, 0.3) is 0 Å². The van der Waals surface area contributed by atoms with E-state index in [-0.39, 0.29) is 132 Å². The number of phenols is 3. The Labute approximate surface area is 474 Å². The molecule has 0 fully saturated rings. The van der Waals surface area contributed by atoms with Gasteiger partial charge in [-0.1, -0.05) is 70.7 Å². The Bertz CT molecular complexity index is 3220. The molecule has 414 valence electrons. The number of aliphatic carboxylic acids is 2. The van der Waals surface area contributed by atoms with Crippen LogP contribution in [0.5, 0.6) is 28.7 Å². The Balaban J connectivity index is 0.000000291. The summed E-state index contributed by atoms with van der Waals surface area (Å²) in [5.41, 5.74) is 2.72. The van der Waals surface area contributed by atoms with Crippen LogP contribution in [0, 0.1) is 6.92 Å². The predicted octanol–water partition coefficient (Wildman–Crippen LogP) is 11.1. The number of phenolic OH excluding ortho intramolecular Hbond substituents is 3. The highest BCUT2D eigenvalue weighted by atomic mass is 35.5. The van der Waals surface area contributed by atoms with Gasteiger partial charge < -0.3 is 45.6 Å². The van der Waals surface area contributed by atoms with Gasteiger partial charge in [0.15, 0.2) is 23.1 Å². The number of rotatable bonds is 25. The Morgan fingerprint density at radius 2 is 0.911 bits per heavy atom. The lowest BCUT2D eigenvalue weighted by atomic mass is 10.00. The van der Waals surface area contributed by atoms with Crippen molar-refractivity contribution in [3.63, 3.8) is 0 Å². The zero-order valence-corrected chi connectivity index (χ0v) is 45.8. The van der Waals surface area contributed by atoms with Gasteiger partial charge in [-0.25, -0.2) is 9.59 Å². The minimum Gasteiger partial charge on any atom is -0.508 e. The van der Waals surface area contributed by atoms with Crippen molar-refractivity contribution in [2.75, 3.05) is 13.7 Å². The average Bonchev–Trinajstić information content (AvgIpc) is 3.38. The molecule has 7 N–H and O–H groups in total. The van der Waals surface area contributed by atoms with Gasteiger partial charge in [-0.2, -0.15) is 0 Å². The first-order valence-electron chi connectivity index (χ1n) is 24.3. The van der Waals surface area contributed by atoms with E-state index in [1.165, 1.54) is 67.8 Å². The van der Waals surface area contributed by atoms with Crippen molar-refractivity contribution < 1.29 is 73.4 Å². The first-order valence-corrected chi connectivity index (χ1v) is 25.8. The number of carbonyl (C=O) groups excluding carboxylic acids is 6. The van der Waals surface area contributed by atoms with Crippen molar-refractivity contribution in [2.24, 2.45) is 0 Å². The highest BCUT2D eigenvalue weighted by molar-refractivity contribution is 6.41. The quantitative estimate of drug-likeness (QED) is 0.0262. The van der Waals surface area contributed by atoms with E-state index in [1.807, 2.05) is 31.2 Å². The predicted molar refractivity (Wildman–Crippen MR) is 296 cm³/mol. The van der Waals surface area contributed by atoms with Crippen LogP contribution in [-0.2, 0) is 22.4 Å². The van der Waals surface area contributed by atoms with Crippen molar-refractivity contribution >= 4 is 93.3 Å². The molecule has 0 saturated carbocycles. The molecule has 17 nitrogen and oxygen atoms in total. The summed E-state index contributed by atoms with van der Waals surface area (Å²) < 4.78 is 10.5. The zero-order valence-electron chi connectivity index (χ0n) is 42.7. The van der Waals surface area contributed by atoms with Crippen LogP contribution in [0.15, 0.2) is 109 Å². The molecule has 0 saturated heterocycles. The van der Waals surface area contributed by atoms with E-state index in [4.69, 9.17) is 55.9 Å². The van der Waals surface area contributed by atoms with E-state index < -0.39 is 41.6 Å². The second kappa shape index (κ2) is 29.1. The molecule has 6 aromatic carbocycles. The molecule has 21 heteroatoms. The van der Waals surface area contributed by atoms with Crippen LogP contribution in [-0.4, -0.2) is 98.2 Å². The number of amides is 2. The first-order chi connectivity index (χ1) is 37.5. The molecule has 0 radical (unpaired) electrons. The SMILES string of the molecule is CCOc1cccc(CCC(=O)c2cc(Cl)c(C(=O)N[C@@H](CCC(=O)c3cc(C)cc(O)c3)C(=O)O)c(Cl)c2)c1.COc1cc(O)cc(C(=O)CC[C@H](NC(=O)c2c(Cl)cc(C(=O)CCc3cccc(O)c3)cc2Cl)C(=O)O)c1. The standard InChI is InChI=1S/C30H29Cl2NO7.C28H25Cl2NO8/c1-3-40-22-6-4-5-18(13-22)7-9-26(35)20-15-23(31)28(24(32)16-20)29(37)33-25(30(38)39)8-10-27(36)19-11-17(2)12-21(34)14-19;1-39-20-11-16(10-19(33)14-20)25(35)8-6-23(28(37)38)31-27(36)26-21(29)12-17(13-22(26)30)24(34)7-5-15-3-2-4-18(32)9-15/h4-6,11-16,25,34H,3,7-10H2,1-2H3,(H,33,37)(H,38,39);2-4,9-14,23,32-33H,5-8H2,1H3,(H,31,36)(H,37,38)/t25-;23-/m00/s1. The number of carbonyl (C=O) groups is 8. The number of benzene rings is 6. The number of nitrogens with one attached hydrogen (secondary N) is 2. The number of aryl methyl sites for hydroxylation is 3. The third kappa shape index (κ3) is 18.3. The molecule has 0 aromatic heterocycles. The summed E-state index contributed by atoms with van der Waals surface area (Å²) in [5, 5.41) is 52.4. The zero-order chi connectivity index (χ0) is 58.1. The van der Waals surface area contributed by atoms with Gasteiger partial charge >= 0.3 is 11.9 Å². The summed E-state index contributed by atoms with van der Waals surface area (Å²) in [7, 11) is 1.37. The number of ether oxygens (including phenoxy) is 2. The number of carboxylic acid groups (broad SMARTS) is 2. The summed E-state index contributed by atoms with van der Waals surface area (Å²) in [6.45, 7) is 4.13. The van der Waals surface area contributed by atoms with E-state index in [2.05, 4.69) is 10.6 Å². The number of Topliss-reactive ketones (excluding diaryl/α,β-unsaturated/α-hetero) is 4. The summed E-state index contributed by atoms with van der Waals surface area (Å²) in [6, 6.07) is 24.6. The van der Waals surface area contributed by atoms with Gasteiger partial charge in [0.1, 0.15) is 40.8 Å². The number of aromatic hydroxyl groups is 3. The Hall–Kier alpha value is -7.96. The summed E-state index contributed by atoms with van der Waals surface area (Å²) >= 11 is 25.1. The van der Waals surface area contributed by atoms with E-state index in [0.717, 1.165) is 11.1 Å². The van der Waals surface area contributed by atoms with Crippen molar-refractivity contribution in [3.05, 3.63) is 179 Å².